The van der Waals surface area contributed by atoms with Gasteiger partial charge in [0.2, 0.25) is 5.91 Å². The second kappa shape index (κ2) is 8.60. The highest BCUT2D eigenvalue weighted by Gasteiger charge is 2.29. The van der Waals surface area contributed by atoms with E-state index in [-0.39, 0.29) is 17.9 Å². The van der Waals surface area contributed by atoms with Gasteiger partial charge < -0.3 is 24.6 Å². The standard InChI is InChI=1S/C18H27N3O4/c1-20(2)18(23)21-9-5-6-13(12-21)17(22)19-11-14-10-15(24-3)7-8-16(14)25-4/h7-8,10,13H,5-6,9,11-12H2,1-4H3,(H,19,22)/t13-/m1/s1. The Morgan fingerprint density at radius 2 is 2.04 bits per heavy atom. The molecule has 0 saturated carbocycles. The molecule has 1 heterocycles. The maximum absolute atomic E-state index is 12.5. The molecule has 1 fully saturated rings. The van der Waals surface area contributed by atoms with Gasteiger partial charge in [-0.1, -0.05) is 0 Å². The van der Waals surface area contributed by atoms with E-state index in [9.17, 15) is 9.59 Å². The first-order valence-electron chi connectivity index (χ1n) is 8.41. The molecule has 25 heavy (non-hydrogen) atoms. The fourth-order valence-corrected chi connectivity index (χ4v) is 2.99. The summed E-state index contributed by atoms with van der Waals surface area (Å²) in [5, 5.41) is 2.96. The first-order valence-corrected chi connectivity index (χ1v) is 8.41. The number of amides is 3. The van der Waals surface area contributed by atoms with Crippen molar-refractivity contribution < 1.29 is 19.1 Å². The van der Waals surface area contributed by atoms with Gasteiger partial charge >= 0.3 is 6.03 Å². The number of nitrogens with one attached hydrogen (secondary N) is 1. The van der Waals surface area contributed by atoms with E-state index >= 15 is 0 Å². The summed E-state index contributed by atoms with van der Waals surface area (Å²) in [6.07, 6.45) is 1.62. The van der Waals surface area contributed by atoms with E-state index in [1.54, 1.807) is 38.1 Å². The Hall–Kier alpha value is -2.44. The highest BCUT2D eigenvalue weighted by molar-refractivity contribution is 5.80. The van der Waals surface area contributed by atoms with Gasteiger partial charge in [0.15, 0.2) is 0 Å². The normalized spacial score (nSPS) is 17.0. The largest absolute Gasteiger partial charge is 0.497 e. The molecule has 7 heteroatoms. The van der Waals surface area contributed by atoms with Crippen LogP contribution in [0.5, 0.6) is 11.5 Å². The fourth-order valence-electron chi connectivity index (χ4n) is 2.99. The lowest BCUT2D eigenvalue weighted by molar-refractivity contribution is -0.126. The minimum atomic E-state index is -0.186. The third-order valence-electron chi connectivity index (χ3n) is 4.39. The summed E-state index contributed by atoms with van der Waals surface area (Å²) < 4.78 is 10.6. The molecule has 1 aromatic rings. The van der Waals surface area contributed by atoms with Gasteiger partial charge in [-0.05, 0) is 31.0 Å². The second-order valence-corrected chi connectivity index (χ2v) is 6.36. The number of methoxy groups -OCH3 is 2. The summed E-state index contributed by atoms with van der Waals surface area (Å²) in [7, 11) is 6.64. The van der Waals surface area contributed by atoms with Gasteiger partial charge in [0, 0.05) is 39.3 Å². The van der Waals surface area contributed by atoms with Crippen LogP contribution in [-0.4, -0.2) is 63.1 Å². The second-order valence-electron chi connectivity index (χ2n) is 6.36. The molecule has 1 aromatic carbocycles. The van der Waals surface area contributed by atoms with Crippen molar-refractivity contribution >= 4 is 11.9 Å². The molecule has 7 nitrogen and oxygen atoms in total. The SMILES string of the molecule is COc1ccc(OC)c(CNC(=O)[C@@H]2CCCN(C(=O)N(C)C)C2)c1. The number of urea groups is 1. The van der Waals surface area contributed by atoms with E-state index in [0.29, 0.717) is 31.1 Å². The molecule has 0 aliphatic carbocycles. The van der Waals surface area contributed by atoms with Crippen molar-refractivity contribution in [1.82, 2.24) is 15.1 Å². The van der Waals surface area contributed by atoms with E-state index in [1.165, 1.54) is 0 Å². The Morgan fingerprint density at radius 3 is 2.68 bits per heavy atom. The Kier molecular flexibility index (Phi) is 6.50. The van der Waals surface area contributed by atoms with Gasteiger partial charge in [0.05, 0.1) is 20.1 Å². The monoisotopic (exact) mass is 349 g/mol. The molecule has 1 aliphatic rings. The van der Waals surface area contributed by atoms with Crippen LogP contribution in [0.2, 0.25) is 0 Å². The summed E-state index contributed by atoms with van der Waals surface area (Å²) in [6, 6.07) is 5.43. The summed E-state index contributed by atoms with van der Waals surface area (Å²) in [4.78, 5) is 27.9. The lowest BCUT2D eigenvalue weighted by Gasteiger charge is -2.33. The molecular formula is C18H27N3O4. The molecule has 3 amide bonds. The highest BCUT2D eigenvalue weighted by Crippen LogP contribution is 2.24. The number of benzene rings is 1. The predicted octanol–water partition coefficient (Wildman–Crippen LogP) is 1.71. The van der Waals surface area contributed by atoms with Crippen LogP contribution in [0.25, 0.3) is 0 Å². The topological polar surface area (TPSA) is 71.1 Å². The minimum Gasteiger partial charge on any atom is -0.497 e. The van der Waals surface area contributed by atoms with Gasteiger partial charge in [0.1, 0.15) is 11.5 Å². The van der Waals surface area contributed by atoms with Crippen LogP contribution in [0.3, 0.4) is 0 Å². The van der Waals surface area contributed by atoms with Gasteiger partial charge in [-0.2, -0.15) is 0 Å². The van der Waals surface area contributed by atoms with Crippen molar-refractivity contribution in [2.75, 3.05) is 41.4 Å². The maximum Gasteiger partial charge on any atom is 0.319 e. The number of carbonyl (C=O) groups is 2. The number of hydrogen-bond acceptors (Lipinski definition) is 4. The van der Waals surface area contributed by atoms with Crippen LogP contribution in [0.15, 0.2) is 18.2 Å². The lowest BCUT2D eigenvalue weighted by atomic mass is 9.97. The van der Waals surface area contributed by atoms with Crippen LogP contribution < -0.4 is 14.8 Å². The molecule has 1 N–H and O–H groups in total. The first-order chi connectivity index (χ1) is 12.0. The molecule has 1 saturated heterocycles. The Balaban J connectivity index is 1.97. The average Bonchev–Trinajstić information content (AvgIpc) is 2.65. The molecule has 1 aliphatic heterocycles. The van der Waals surface area contributed by atoms with Crippen molar-refractivity contribution in [3.8, 4) is 11.5 Å². The molecule has 0 bridgehead atoms. The molecular weight excluding hydrogens is 322 g/mol. The highest BCUT2D eigenvalue weighted by atomic mass is 16.5. The Bertz CT molecular complexity index is 618. The lowest BCUT2D eigenvalue weighted by Crippen LogP contribution is -2.48. The Morgan fingerprint density at radius 1 is 1.28 bits per heavy atom. The number of nitrogens with zero attached hydrogens (tertiary/aromatic N) is 2. The summed E-state index contributed by atoms with van der Waals surface area (Å²) in [5.41, 5.74) is 0.854. The molecule has 0 aromatic heterocycles. The van der Waals surface area contributed by atoms with E-state index in [2.05, 4.69) is 5.32 Å². The summed E-state index contributed by atoms with van der Waals surface area (Å²) in [6.45, 7) is 1.51. The molecule has 0 unspecified atom stereocenters. The van der Waals surface area contributed by atoms with Crippen molar-refractivity contribution in [2.45, 2.75) is 19.4 Å². The molecule has 1 atom stereocenters. The van der Waals surface area contributed by atoms with Crippen LogP contribution in [0, 0.1) is 5.92 Å². The van der Waals surface area contributed by atoms with Crippen LogP contribution in [0.4, 0.5) is 4.79 Å². The zero-order valence-corrected chi connectivity index (χ0v) is 15.4. The van der Waals surface area contributed by atoms with Gasteiger partial charge in [0.25, 0.3) is 0 Å². The predicted molar refractivity (Wildman–Crippen MR) is 94.8 cm³/mol. The molecule has 0 radical (unpaired) electrons. The quantitative estimate of drug-likeness (QED) is 0.879. The third kappa shape index (κ3) is 4.78. The van der Waals surface area contributed by atoms with Crippen LogP contribution in [0.1, 0.15) is 18.4 Å². The molecule has 0 spiro atoms. The van der Waals surface area contributed by atoms with Crippen molar-refractivity contribution in [2.24, 2.45) is 5.92 Å². The van der Waals surface area contributed by atoms with E-state index in [1.807, 2.05) is 18.2 Å². The number of ether oxygens (including phenoxy) is 2. The van der Waals surface area contributed by atoms with Crippen LogP contribution >= 0.6 is 0 Å². The number of rotatable bonds is 5. The van der Waals surface area contributed by atoms with Crippen LogP contribution in [-0.2, 0) is 11.3 Å². The Labute approximate surface area is 148 Å². The van der Waals surface area contributed by atoms with Crippen molar-refractivity contribution in [3.63, 3.8) is 0 Å². The third-order valence-corrected chi connectivity index (χ3v) is 4.39. The fraction of sp³-hybridized carbons (Fsp3) is 0.556. The van der Waals surface area contributed by atoms with Crippen molar-refractivity contribution in [3.05, 3.63) is 23.8 Å². The minimum absolute atomic E-state index is 0.0406. The number of likely N-dealkylation sites (tertiary alicyclic amines) is 1. The van der Waals surface area contributed by atoms with E-state index < -0.39 is 0 Å². The smallest absolute Gasteiger partial charge is 0.319 e. The zero-order valence-electron chi connectivity index (χ0n) is 15.4. The molecule has 138 valence electrons. The molecule has 2 rings (SSSR count). The number of carbonyl (C=O) groups excluding carboxylic acids is 2. The van der Waals surface area contributed by atoms with Crippen molar-refractivity contribution in [1.29, 1.82) is 0 Å². The summed E-state index contributed by atoms with van der Waals surface area (Å²) >= 11 is 0. The van der Waals surface area contributed by atoms with Gasteiger partial charge in [-0.15, -0.1) is 0 Å². The van der Waals surface area contributed by atoms with E-state index in [4.69, 9.17) is 9.47 Å². The summed E-state index contributed by atoms with van der Waals surface area (Å²) in [5.74, 6) is 1.19. The van der Waals surface area contributed by atoms with E-state index in [0.717, 1.165) is 18.4 Å². The number of piperidine rings is 1. The van der Waals surface area contributed by atoms with Gasteiger partial charge in [-0.3, -0.25) is 4.79 Å². The first kappa shape index (κ1) is 18.9. The maximum atomic E-state index is 12.5. The zero-order chi connectivity index (χ0) is 18.4. The van der Waals surface area contributed by atoms with Gasteiger partial charge in [-0.25, -0.2) is 4.79 Å². The average molecular weight is 349 g/mol. The number of hydrogen-bond donors (Lipinski definition) is 1.